The van der Waals surface area contributed by atoms with Gasteiger partial charge >= 0.3 is 0 Å². The lowest BCUT2D eigenvalue weighted by Gasteiger charge is -2.37. The van der Waals surface area contributed by atoms with E-state index in [1.54, 1.807) is 11.3 Å². The summed E-state index contributed by atoms with van der Waals surface area (Å²) in [7, 11) is 0. The van der Waals surface area contributed by atoms with Crippen molar-refractivity contribution in [2.24, 2.45) is 10.9 Å². The molecule has 1 aromatic carbocycles. The molecule has 29 heavy (non-hydrogen) atoms. The van der Waals surface area contributed by atoms with Gasteiger partial charge in [0, 0.05) is 44.3 Å². The van der Waals surface area contributed by atoms with Crippen molar-refractivity contribution >= 4 is 33.9 Å². The smallest absolute Gasteiger partial charge is 0.226 e. The van der Waals surface area contributed by atoms with E-state index in [0.29, 0.717) is 6.54 Å². The van der Waals surface area contributed by atoms with E-state index in [0.717, 1.165) is 49.9 Å². The molecule has 1 aliphatic rings. The quantitative estimate of drug-likeness (QED) is 0.561. The van der Waals surface area contributed by atoms with Crippen LogP contribution in [0.1, 0.15) is 26.3 Å². The molecule has 0 radical (unpaired) electrons. The maximum absolute atomic E-state index is 11.8. The number of carbonyl (C=O) groups excluding carboxylic acids is 1. The molecule has 1 aromatic heterocycles. The van der Waals surface area contributed by atoms with Crippen molar-refractivity contribution in [2.75, 3.05) is 42.9 Å². The van der Waals surface area contributed by atoms with Gasteiger partial charge in [-0.25, -0.2) is 4.99 Å². The number of rotatable bonds is 6. The van der Waals surface area contributed by atoms with Crippen LogP contribution in [-0.2, 0) is 11.3 Å². The minimum absolute atomic E-state index is 0.0257. The summed E-state index contributed by atoms with van der Waals surface area (Å²) in [4.78, 5) is 21.4. The molecule has 2 heterocycles. The maximum atomic E-state index is 11.8. The lowest BCUT2D eigenvalue weighted by atomic mass is 10.1. The average molecular weight is 414 g/mol. The minimum Gasteiger partial charge on any atom is -0.360 e. The second kappa shape index (κ2) is 10.3. The third-order valence-corrected chi connectivity index (χ3v) is 5.82. The second-order valence-corrected chi connectivity index (χ2v) is 8.36. The Labute approximate surface area is 177 Å². The SMILES string of the molecule is CCNC(=NCc1ccc(NC(=O)C(C)C)cc1)N1CCN(c2cccs2)CC1. The van der Waals surface area contributed by atoms with Crippen molar-refractivity contribution in [2.45, 2.75) is 27.3 Å². The van der Waals surface area contributed by atoms with Crippen LogP contribution in [0.15, 0.2) is 46.8 Å². The number of carbonyl (C=O) groups is 1. The molecule has 1 amide bonds. The van der Waals surface area contributed by atoms with Gasteiger partial charge in [-0.1, -0.05) is 26.0 Å². The Morgan fingerprint density at radius 1 is 1.14 bits per heavy atom. The molecule has 6 nitrogen and oxygen atoms in total. The zero-order valence-electron chi connectivity index (χ0n) is 17.5. The Balaban J connectivity index is 1.57. The molecule has 1 fully saturated rings. The summed E-state index contributed by atoms with van der Waals surface area (Å²) in [5, 5.41) is 9.82. The Bertz CT molecular complexity index is 793. The van der Waals surface area contributed by atoms with Crippen molar-refractivity contribution in [3.8, 4) is 0 Å². The van der Waals surface area contributed by atoms with Gasteiger partial charge in [0.15, 0.2) is 5.96 Å². The van der Waals surface area contributed by atoms with Crippen LogP contribution in [-0.4, -0.2) is 49.5 Å². The molecular weight excluding hydrogens is 382 g/mol. The number of amides is 1. The van der Waals surface area contributed by atoms with E-state index in [1.807, 2.05) is 38.1 Å². The lowest BCUT2D eigenvalue weighted by molar-refractivity contribution is -0.118. The van der Waals surface area contributed by atoms with E-state index >= 15 is 0 Å². The van der Waals surface area contributed by atoms with Gasteiger partial charge < -0.3 is 20.4 Å². The van der Waals surface area contributed by atoms with Crippen LogP contribution in [0.5, 0.6) is 0 Å². The maximum Gasteiger partial charge on any atom is 0.226 e. The molecular formula is C22H31N5OS. The number of thiophene rings is 1. The fraction of sp³-hybridized carbons (Fsp3) is 0.455. The molecule has 7 heteroatoms. The number of guanidine groups is 1. The van der Waals surface area contributed by atoms with Crippen molar-refractivity contribution in [3.63, 3.8) is 0 Å². The van der Waals surface area contributed by atoms with Crippen molar-refractivity contribution in [3.05, 3.63) is 47.3 Å². The first-order valence-electron chi connectivity index (χ1n) is 10.3. The normalized spacial score (nSPS) is 15.0. The van der Waals surface area contributed by atoms with Crippen LogP contribution in [0.3, 0.4) is 0 Å². The number of hydrogen-bond donors (Lipinski definition) is 2. The second-order valence-electron chi connectivity index (χ2n) is 7.44. The predicted octanol–water partition coefficient (Wildman–Crippen LogP) is 3.63. The van der Waals surface area contributed by atoms with Gasteiger partial charge in [-0.2, -0.15) is 0 Å². The Kier molecular flexibility index (Phi) is 7.52. The van der Waals surface area contributed by atoms with Crippen molar-refractivity contribution in [1.29, 1.82) is 0 Å². The number of piperazine rings is 1. The van der Waals surface area contributed by atoms with E-state index in [2.05, 4.69) is 44.9 Å². The number of nitrogens with one attached hydrogen (secondary N) is 2. The fourth-order valence-corrected chi connectivity index (χ4v) is 3.95. The topological polar surface area (TPSA) is 60.0 Å². The largest absolute Gasteiger partial charge is 0.360 e. The summed E-state index contributed by atoms with van der Waals surface area (Å²) in [6.07, 6.45) is 0. The molecule has 1 saturated heterocycles. The predicted molar refractivity (Wildman–Crippen MR) is 123 cm³/mol. The summed E-state index contributed by atoms with van der Waals surface area (Å²) in [5.41, 5.74) is 1.95. The monoisotopic (exact) mass is 413 g/mol. The first-order chi connectivity index (χ1) is 14.1. The number of anilines is 2. The molecule has 0 aliphatic carbocycles. The van der Waals surface area contributed by atoms with Crippen molar-refractivity contribution < 1.29 is 4.79 Å². The number of nitrogens with zero attached hydrogens (tertiary/aromatic N) is 3. The van der Waals surface area contributed by atoms with Gasteiger partial charge in [0.2, 0.25) is 5.91 Å². The van der Waals surface area contributed by atoms with E-state index in [9.17, 15) is 4.79 Å². The highest BCUT2D eigenvalue weighted by atomic mass is 32.1. The van der Waals surface area contributed by atoms with E-state index in [1.165, 1.54) is 5.00 Å². The zero-order chi connectivity index (χ0) is 20.6. The fourth-order valence-electron chi connectivity index (χ4n) is 3.16. The summed E-state index contributed by atoms with van der Waals surface area (Å²) >= 11 is 1.80. The molecule has 1 aliphatic heterocycles. The molecule has 2 N–H and O–H groups in total. The molecule has 0 spiro atoms. The van der Waals surface area contributed by atoms with Crippen LogP contribution in [0.4, 0.5) is 10.7 Å². The van der Waals surface area contributed by atoms with Gasteiger partial charge in [0.05, 0.1) is 11.5 Å². The highest BCUT2D eigenvalue weighted by molar-refractivity contribution is 7.14. The van der Waals surface area contributed by atoms with Crippen LogP contribution in [0.25, 0.3) is 0 Å². The molecule has 0 saturated carbocycles. The Morgan fingerprint density at radius 2 is 1.86 bits per heavy atom. The van der Waals surface area contributed by atoms with Crippen LogP contribution in [0.2, 0.25) is 0 Å². The first kappa shape index (κ1) is 21.2. The molecule has 2 aromatic rings. The van der Waals surface area contributed by atoms with E-state index in [-0.39, 0.29) is 11.8 Å². The summed E-state index contributed by atoms with van der Waals surface area (Å²) in [6, 6.07) is 12.2. The van der Waals surface area contributed by atoms with Gasteiger partial charge in [0.25, 0.3) is 0 Å². The average Bonchev–Trinajstić information content (AvgIpc) is 3.27. The number of hydrogen-bond acceptors (Lipinski definition) is 4. The highest BCUT2D eigenvalue weighted by Crippen LogP contribution is 2.22. The van der Waals surface area contributed by atoms with Gasteiger partial charge in [-0.15, -0.1) is 11.3 Å². The molecule has 156 valence electrons. The van der Waals surface area contributed by atoms with Crippen molar-refractivity contribution in [1.82, 2.24) is 10.2 Å². The number of benzene rings is 1. The standard InChI is InChI=1S/C22H31N5OS/c1-4-23-22(27-13-11-26(12-14-27)20-6-5-15-29-20)24-16-18-7-9-19(10-8-18)25-21(28)17(2)3/h5-10,15,17H,4,11-14,16H2,1-3H3,(H,23,24)(H,25,28). The molecule has 0 atom stereocenters. The Hall–Kier alpha value is -2.54. The van der Waals surface area contributed by atoms with E-state index < -0.39 is 0 Å². The highest BCUT2D eigenvalue weighted by Gasteiger charge is 2.20. The lowest BCUT2D eigenvalue weighted by Crippen LogP contribution is -2.52. The van der Waals surface area contributed by atoms with Crippen LogP contribution >= 0.6 is 11.3 Å². The molecule has 3 rings (SSSR count). The molecule has 0 unspecified atom stereocenters. The van der Waals surface area contributed by atoms with Gasteiger partial charge in [-0.05, 0) is 42.1 Å². The summed E-state index contributed by atoms with van der Waals surface area (Å²) in [6.45, 7) is 11.3. The third kappa shape index (κ3) is 5.97. The van der Waals surface area contributed by atoms with Crippen LogP contribution in [0, 0.1) is 5.92 Å². The summed E-state index contributed by atoms with van der Waals surface area (Å²) in [5.74, 6) is 0.977. The van der Waals surface area contributed by atoms with Gasteiger partial charge in [0.1, 0.15) is 0 Å². The Morgan fingerprint density at radius 3 is 2.45 bits per heavy atom. The number of aliphatic imine (C=N–C) groups is 1. The summed E-state index contributed by atoms with van der Waals surface area (Å²) < 4.78 is 0. The zero-order valence-corrected chi connectivity index (χ0v) is 18.3. The first-order valence-corrected chi connectivity index (χ1v) is 11.2. The van der Waals surface area contributed by atoms with Crippen LogP contribution < -0.4 is 15.5 Å². The third-order valence-electron chi connectivity index (χ3n) is 4.89. The molecule has 0 bridgehead atoms. The minimum atomic E-state index is -0.0257. The van der Waals surface area contributed by atoms with E-state index in [4.69, 9.17) is 4.99 Å². The van der Waals surface area contributed by atoms with Gasteiger partial charge in [-0.3, -0.25) is 4.79 Å².